The number of nitrogens with one attached hydrogen (secondary N) is 2. The second-order valence-corrected chi connectivity index (χ2v) is 6.54. The first kappa shape index (κ1) is 16.6. The van der Waals surface area contributed by atoms with E-state index in [4.69, 9.17) is 0 Å². The highest BCUT2D eigenvalue weighted by molar-refractivity contribution is 5.60. The van der Waals surface area contributed by atoms with Gasteiger partial charge in [-0.25, -0.2) is 4.98 Å². The number of benzene rings is 1. The second kappa shape index (κ2) is 7.51. The van der Waals surface area contributed by atoms with E-state index in [-0.39, 0.29) is 0 Å². The Morgan fingerprint density at radius 2 is 1.83 bits per heavy atom. The minimum Gasteiger partial charge on any atom is -0.372 e. The maximum absolute atomic E-state index is 4.57. The molecule has 0 saturated carbocycles. The fraction of sp³-hybridized carbons (Fsp3) is 0.474. The van der Waals surface area contributed by atoms with E-state index < -0.39 is 0 Å². The molecular weight excluding hydrogens is 298 g/mol. The van der Waals surface area contributed by atoms with Crippen LogP contribution < -0.4 is 15.5 Å². The maximum atomic E-state index is 4.57. The molecule has 0 aliphatic carbocycles. The highest BCUT2D eigenvalue weighted by Gasteiger charge is 2.12. The average molecular weight is 325 g/mol. The number of aryl methyl sites for hydroxylation is 1. The van der Waals surface area contributed by atoms with E-state index >= 15 is 0 Å². The molecule has 0 amide bonds. The Morgan fingerprint density at radius 1 is 1.12 bits per heavy atom. The molecule has 2 N–H and O–H groups in total. The predicted octanol–water partition coefficient (Wildman–Crippen LogP) is 4.34. The molecule has 5 heteroatoms. The lowest BCUT2D eigenvalue weighted by Crippen LogP contribution is -2.17. The Kier molecular flexibility index (Phi) is 5.18. The summed E-state index contributed by atoms with van der Waals surface area (Å²) in [6, 6.07) is 10.9. The summed E-state index contributed by atoms with van der Waals surface area (Å²) < 4.78 is 0. The van der Waals surface area contributed by atoms with Crippen molar-refractivity contribution < 1.29 is 0 Å². The van der Waals surface area contributed by atoms with Crippen LogP contribution in [0.25, 0.3) is 0 Å². The third-order valence-corrected chi connectivity index (χ3v) is 4.46. The summed E-state index contributed by atoms with van der Waals surface area (Å²) in [6.07, 6.45) is 3.65. The van der Waals surface area contributed by atoms with Gasteiger partial charge in [-0.1, -0.05) is 6.92 Å². The van der Waals surface area contributed by atoms with Gasteiger partial charge in [0, 0.05) is 42.3 Å². The zero-order chi connectivity index (χ0) is 16.9. The summed E-state index contributed by atoms with van der Waals surface area (Å²) in [6.45, 7) is 8.64. The maximum Gasteiger partial charge on any atom is 0.229 e. The van der Waals surface area contributed by atoms with E-state index in [9.17, 15) is 0 Å². The van der Waals surface area contributed by atoms with Crippen LogP contribution in [0.1, 0.15) is 38.8 Å². The van der Waals surface area contributed by atoms with Crippen LogP contribution >= 0.6 is 0 Å². The number of rotatable bonds is 6. The molecule has 2 aromatic rings. The van der Waals surface area contributed by atoms with E-state index in [2.05, 4.69) is 63.6 Å². The van der Waals surface area contributed by atoms with Crippen molar-refractivity contribution in [3.63, 3.8) is 0 Å². The molecule has 1 saturated heterocycles. The highest BCUT2D eigenvalue weighted by Crippen LogP contribution is 2.23. The molecule has 1 fully saturated rings. The summed E-state index contributed by atoms with van der Waals surface area (Å²) in [7, 11) is 0. The van der Waals surface area contributed by atoms with Gasteiger partial charge in [0.15, 0.2) is 0 Å². The Labute approximate surface area is 144 Å². The monoisotopic (exact) mass is 325 g/mol. The predicted molar refractivity (Wildman–Crippen MR) is 101 cm³/mol. The third kappa shape index (κ3) is 4.16. The van der Waals surface area contributed by atoms with Crippen molar-refractivity contribution in [2.24, 2.45) is 0 Å². The van der Waals surface area contributed by atoms with Crippen molar-refractivity contribution in [1.29, 1.82) is 0 Å². The summed E-state index contributed by atoms with van der Waals surface area (Å²) in [4.78, 5) is 11.5. The molecule has 1 aromatic carbocycles. The van der Waals surface area contributed by atoms with E-state index in [0.29, 0.717) is 12.0 Å². The van der Waals surface area contributed by atoms with Gasteiger partial charge in [0.1, 0.15) is 5.82 Å². The first-order valence-corrected chi connectivity index (χ1v) is 8.88. The average Bonchev–Trinajstić information content (AvgIpc) is 3.09. The van der Waals surface area contributed by atoms with E-state index in [1.165, 1.54) is 31.6 Å². The smallest absolute Gasteiger partial charge is 0.229 e. The zero-order valence-corrected chi connectivity index (χ0v) is 14.8. The summed E-state index contributed by atoms with van der Waals surface area (Å²) in [5, 5.41) is 6.72. The van der Waals surface area contributed by atoms with Crippen LogP contribution in [0.15, 0.2) is 30.3 Å². The van der Waals surface area contributed by atoms with Crippen molar-refractivity contribution in [2.45, 2.75) is 46.1 Å². The number of anilines is 4. The molecule has 24 heavy (non-hydrogen) atoms. The fourth-order valence-electron chi connectivity index (χ4n) is 2.91. The first-order valence-electron chi connectivity index (χ1n) is 8.88. The minimum absolute atomic E-state index is 0.395. The molecule has 128 valence electrons. The lowest BCUT2D eigenvalue weighted by Gasteiger charge is -2.18. The van der Waals surface area contributed by atoms with E-state index in [1.807, 2.05) is 13.0 Å². The highest BCUT2D eigenvalue weighted by atomic mass is 15.2. The van der Waals surface area contributed by atoms with Crippen LogP contribution in [0, 0.1) is 6.92 Å². The van der Waals surface area contributed by atoms with Gasteiger partial charge in [-0.15, -0.1) is 0 Å². The van der Waals surface area contributed by atoms with Crippen molar-refractivity contribution in [1.82, 2.24) is 9.97 Å². The molecule has 0 bridgehead atoms. The molecule has 1 unspecified atom stereocenters. The Morgan fingerprint density at radius 3 is 2.50 bits per heavy atom. The largest absolute Gasteiger partial charge is 0.372 e. The van der Waals surface area contributed by atoms with Gasteiger partial charge >= 0.3 is 0 Å². The topological polar surface area (TPSA) is 53.1 Å². The minimum atomic E-state index is 0.395. The van der Waals surface area contributed by atoms with Crippen molar-refractivity contribution in [3.8, 4) is 0 Å². The standard InChI is InChI=1S/C19H27N5/c1-4-14(2)20-18-13-15(3)21-19(23-18)22-16-7-9-17(10-8-16)24-11-5-6-12-24/h7-10,13-14H,4-6,11-12H2,1-3H3,(H2,20,21,22,23). The number of hydrogen-bond donors (Lipinski definition) is 2. The Bertz CT molecular complexity index is 662. The SMILES string of the molecule is CCC(C)Nc1cc(C)nc(Nc2ccc(N3CCCC3)cc2)n1. The summed E-state index contributed by atoms with van der Waals surface area (Å²) >= 11 is 0. The van der Waals surface area contributed by atoms with Crippen molar-refractivity contribution >= 4 is 23.1 Å². The molecule has 1 aliphatic rings. The first-order chi connectivity index (χ1) is 11.6. The molecule has 1 aliphatic heterocycles. The number of nitrogens with zero attached hydrogens (tertiary/aromatic N) is 3. The van der Waals surface area contributed by atoms with Crippen LogP contribution in [-0.4, -0.2) is 29.1 Å². The molecule has 5 nitrogen and oxygen atoms in total. The van der Waals surface area contributed by atoms with Crippen molar-refractivity contribution in [3.05, 3.63) is 36.0 Å². The van der Waals surface area contributed by atoms with Crippen LogP contribution in [0.2, 0.25) is 0 Å². The van der Waals surface area contributed by atoms with Gasteiger partial charge in [0.25, 0.3) is 0 Å². The number of hydrogen-bond acceptors (Lipinski definition) is 5. The Hall–Kier alpha value is -2.30. The fourth-order valence-corrected chi connectivity index (χ4v) is 2.91. The molecule has 0 radical (unpaired) electrons. The van der Waals surface area contributed by atoms with Crippen LogP contribution in [0.4, 0.5) is 23.1 Å². The molecule has 1 atom stereocenters. The van der Waals surface area contributed by atoms with Gasteiger partial charge in [-0.3, -0.25) is 0 Å². The lowest BCUT2D eigenvalue weighted by molar-refractivity contribution is 0.758. The van der Waals surface area contributed by atoms with Crippen LogP contribution in [0.3, 0.4) is 0 Å². The quantitative estimate of drug-likeness (QED) is 0.827. The Balaban J connectivity index is 1.70. The lowest BCUT2D eigenvalue weighted by atomic mass is 10.2. The molecular formula is C19H27N5. The van der Waals surface area contributed by atoms with Crippen molar-refractivity contribution in [2.75, 3.05) is 28.6 Å². The van der Waals surface area contributed by atoms with E-state index in [1.54, 1.807) is 0 Å². The molecule has 0 spiro atoms. The van der Waals surface area contributed by atoms with Crippen LogP contribution in [-0.2, 0) is 0 Å². The van der Waals surface area contributed by atoms with Gasteiger partial charge in [0.2, 0.25) is 5.95 Å². The third-order valence-electron chi connectivity index (χ3n) is 4.46. The van der Waals surface area contributed by atoms with Crippen LogP contribution in [0.5, 0.6) is 0 Å². The number of aromatic nitrogens is 2. The molecule has 3 rings (SSSR count). The molecule has 2 heterocycles. The summed E-state index contributed by atoms with van der Waals surface area (Å²) in [5.74, 6) is 1.50. The summed E-state index contributed by atoms with van der Waals surface area (Å²) in [5.41, 5.74) is 3.26. The normalized spacial score (nSPS) is 15.4. The van der Waals surface area contributed by atoms with Gasteiger partial charge < -0.3 is 15.5 Å². The van der Waals surface area contributed by atoms with E-state index in [0.717, 1.165) is 23.6 Å². The van der Waals surface area contributed by atoms with Gasteiger partial charge in [-0.2, -0.15) is 4.98 Å². The van der Waals surface area contributed by atoms with Gasteiger partial charge in [0.05, 0.1) is 0 Å². The zero-order valence-electron chi connectivity index (χ0n) is 14.8. The molecule has 1 aromatic heterocycles. The second-order valence-electron chi connectivity index (χ2n) is 6.54. The van der Waals surface area contributed by atoms with Gasteiger partial charge in [-0.05, 0) is 57.4 Å².